The van der Waals surface area contributed by atoms with Gasteiger partial charge in [-0.05, 0) is 5.92 Å². The standard InChI is InChI=1S/C13H22N4O4/c1-10(2)7-16(4-5-21-3)13(20)15-11-6-14-17(8-11)9-12(18)19/h6,8,10H,4-5,7,9H2,1-3H3,(H,15,20)(H,18,19). The molecule has 1 heterocycles. The maximum absolute atomic E-state index is 12.2. The number of hydrogen-bond acceptors (Lipinski definition) is 4. The number of anilines is 1. The summed E-state index contributed by atoms with van der Waals surface area (Å²) in [6.45, 7) is 5.37. The largest absolute Gasteiger partial charge is 0.480 e. The van der Waals surface area contributed by atoms with Crippen molar-refractivity contribution in [1.82, 2.24) is 14.7 Å². The number of ether oxygens (including phenoxy) is 1. The minimum Gasteiger partial charge on any atom is -0.480 e. The second-order valence-electron chi connectivity index (χ2n) is 5.08. The summed E-state index contributed by atoms with van der Waals surface area (Å²) in [6.07, 6.45) is 2.90. The van der Waals surface area contributed by atoms with E-state index in [9.17, 15) is 9.59 Å². The average Bonchev–Trinajstić information content (AvgIpc) is 2.80. The highest BCUT2D eigenvalue weighted by Gasteiger charge is 2.15. The number of amides is 2. The van der Waals surface area contributed by atoms with Gasteiger partial charge in [0.2, 0.25) is 0 Å². The number of methoxy groups -OCH3 is 1. The van der Waals surface area contributed by atoms with E-state index in [0.717, 1.165) is 0 Å². The average molecular weight is 298 g/mol. The van der Waals surface area contributed by atoms with Crippen LogP contribution in [0.15, 0.2) is 12.4 Å². The maximum atomic E-state index is 12.2. The number of rotatable bonds is 8. The number of urea groups is 1. The Morgan fingerprint density at radius 3 is 2.81 bits per heavy atom. The van der Waals surface area contributed by atoms with Crippen molar-refractivity contribution in [3.63, 3.8) is 0 Å². The first-order chi connectivity index (χ1) is 9.92. The molecule has 2 N–H and O–H groups in total. The van der Waals surface area contributed by atoms with Crippen LogP contribution in [0.5, 0.6) is 0 Å². The van der Waals surface area contributed by atoms with Gasteiger partial charge >= 0.3 is 12.0 Å². The Balaban J connectivity index is 2.62. The summed E-state index contributed by atoms with van der Waals surface area (Å²) in [6, 6.07) is -0.254. The van der Waals surface area contributed by atoms with Crippen molar-refractivity contribution in [2.75, 3.05) is 32.1 Å². The minimum atomic E-state index is -0.988. The first-order valence-electron chi connectivity index (χ1n) is 6.71. The van der Waals surface area contributed by atoms with Gasteiger partial charge in [0.15, 0.2) is 0 Å². The molecular formula is C13H22N4O4. The number of carboxylic acid groups (broad SMARTS) is 1. The molecular weight excluding hydrogens is 276 g/mol. The van der Waals surface area contributed by atoms with E-state index in [1.54, 1.807) is 12.0 Å². The molecule has 2 amide bonds. The van der Waals surface area contributed by atoms with Crippen molar-refractivity contribution in [3.05, 3.63) is 12.4 Å². The Bertz CT molecular complexity index is 472. The van der Waals surface area contributed by atoms with Crippen LogP contribution in [0, 0.1) is 5.92 Å². The molecule has 1 aromatic heterocycles. The second-order valence-corrected chi connectivity index (χ2v) is 5.08. The zero-order valence-electron chi connectivity index (χ0n) is 12.6. The maximum Gasteiger partial charge on any atom is 0.325 e. The Hall–Kier alpha value is -2.09. The summed E-state index contributed by atoms with van der Waals surface area (Å²) in [5, 5.41) is 15.2. The van der Waals surface area contributed by atoms with E-state index in [-0.39, 0.29) is 12.6 Å². The van der Waals surface area contributed by atoms with Crippen LogP contribution in [0.25, 0.3) is 0 Å². The van der Waals surface area contributed by atoms with E-state index in [1.807, 2.05) is 13.8 Å². The SMILES string of the molecule is COCCN(CC(C)C)C(=O)Nc1cnn(CC(=O)O)c1. The molecule has 0 spiro atoms. The lowest BCUT2D eigenvalue weighted by atomic mass is 10.2. The fourth-order valence-electron chi connectivity index (χ4n) is 1.77. The number of nitrogens with one attached hydrogen (secondary N) is 1. The van der Waals surface area contributed by atoms with Gasteiger partial charge in [-0.2, -0.15) is 5.10 Å². The predicted octanol–water partition coefficient (Wildman–Crippen LogP) is 1.10. The molecule has 0 radical (unpaired) electrons. The molecule has 21 heavy (non-hydrogen) atoms. The molecule has 0 saturated carbocycles. The molecule has 8 nitrogen and oxygen atoms in total. The van der Waals surface area contributed by atoms with Gasteiger partial charge in [-0.1, -0.05) is 13.8 Å². The number of aliphatic carboxylic acids is 1. The van der Waals surface area contributed by atoms with Gasteiger partial charge in [0.25, 0.3) is 0 Å². The summed E-state index contributed by atoms with van der Waals surface area (Å²) >= 11 is 0. The van der Waals surface area contributed by atoms with Gasteiger partial charge in [-0.15, -0.1) is 0 Å². The van der Waals surface area contributed by atoms with Crippen molar-refractivity contribution < 1.29 is 19.4 Å². The summed E-state index contributed by atoms with van der Waals surface area (Å²) in [4.78, 5) is 24.4. The smallest absolute Gasteiger partial charge is 0.325 e. The van der Waals surface area contributed by atoms with Gasteiger partial charge in [0.1, 0.15) is 6.54 Å². The molecule has 0 aromatic carbocycles. The van der Waals surface area contributed by atoms with Crippen LogP contribution in [0.3, 0.4) is 0 Å². The zero-order valence-corrected chi connectivity index (χ0v) is 12.6. The zero-order chi connectivity index (χ0) is 15.8. The normalized spacial score (nSPS) is 10.7. The van der Waals surface area contributed by atoms with Gasteiger partial charge < -0.3 is 20.1 Å². The minimum absolute atomic E-state index is 0.241. The number of aromatic nitrogens is 2. The van der Waals surface area contributed by atoms with Crippen LogP contribution in [0.4, 0.5) is 10.5 Å². The Morgan fingerprint density at radius 2 is 2.24 bits per heavy atom. The van der Waals surface area contributed by atoms with E-state index < -0.39 is 5.97 Å². The summed E-state index contributed by atoms with van der Waals surface area (Å²) in [5.41, 5.74) is 0.465. The highest BCUT2D eigenvalue weighted by atomic mass is 16.5. The lowest BCUT2D eigenvalue weighted by molar-refractivity contribution is -0.137. The quantitative estimate of drug-likeness (QED) is 0.749. The first kappa shape index (κ1) is 17.0. The Morgan fingerprint density at radius 1 is 1.52 bits per heavy atom. The molecule has 8 heteroatoms. The lowest BCUT2D eigenvalue weighted by Gasteiger charge is -2.24. The van der Waals surface area contributed by atoms with Crippen LogP contribution in [0.2, 0.25) is 0 Å². The van der Waals surface area contributed by atoms with Crippen LogP contribution in [-0.4, -0.2) is 58.6 Å². The highest BCUT2D eigenvalue weighted by molar-refractivity contribution is 5.89. The molecule has 0 atom stereocenters. The summed E-state index contributed by atoms with van der Waals surface area (Å²) in [7, 11) is 1.58. The van der Waals surface area contributed by atoms with E-state index in [2.05, 4.69) is 10.4 Å². The number of carbonyl (C=O) groups excluding carboxylic acids is 1. The monoisotopic (exact) mass is 298 g/mol. The molecule has 0 unspecified atom stereocenters. The summed E-state index contributed by atoms with van der Waals surface area (Å²) < 4.78 is 6.25. The third kappa shape index (κ3) is 6.26. The van der Waals surface area contributed by atoms with Gasteiger partial charge in [-0.3, -0.25) is 9.48 Å². The van der Waals surface area contributed by atoms with Gasteiger partial charge in [-0.25, -0.2) is 4.79 Å². The first-order valence-corrected chi connectivity index (χ1v) is 6.71. The topological polar surface area (TPSA) is 96.7 Å². The Kier molecular flexibility index (Phi) is 6.67. The van der Waals surface area contributed by atoms with Gasteiger partial charge in [0, 0.05) is 26.4 Å². The van der Waals surface area contributed by atoms with Crippen LogP contribution in [-0.2, 0) is 16.1 Å². The highest BCUT2D eigenvalue weighted by Crippen LogP contribution is 2.08. The molecule has 0 saturated heterocycles. The fraction of sp³-hybridized carbons (Fsp3) is 0.615. The van der Waals surface area contributed by atoms with Crippen LogP contribution >= 0.6 is 0 Å². The molecule has 0 fully saturated rings. The molecule has 1 aromatic rings. The third-order valence-electron chi connectivity index (χ3n) is 2.62. The molecule has 0 aliphatic carbocycles. The van der Waals surface area contributed by atoms with Gasteiger partial charge in [0.05, 0.1) is 18.5 Å². The molecule has 1 rings (SSSR count). The van der Waals surface area contributed by atoms with E-state index in [0.29, 0.717) is 31.3 Å². The summed E-state index contributed by atoms with van der Waals surface area (Å²) in [5.74, 6) is -0.653. The number of nitrogens with zero attached hydrogens (tertiary/aromatic N) is 3. The van der Waals surface area contributed by atoms with Crippen molar-refractivity contribution in [3.8, 4) is 0 Å². The molecule has 0 aliphatic rings. The second kappa shape index (κ2) is 8.25. The van der Waals surface area contributed by atoms with Crippen LogP contribution < -0.4 is 5.32 Å². The number of carboxylic acids is 1. The van der Waals surface area contributed by atoms with E-state index in [1.165, 1.54) is 17.1 Å². The predicted molar refractivity (Wildman–Crippen MR) is 77.2 cm³/mol. The van der Waals surface area contributed by atoms with Crippen molar-refractivity contribution >= 4 is 17.7 Å². The van der Waals surface area contributed by atoms with E-state index in [4.69, 9.17) is 9.84 Å². The van der Waals surface area contributed by atoms with Crippen LogP contribution in [0.1, 0.15) is 13.8 Å². The van der Waals surface area contributed by atoms with E-state index >= 15 is 0 Å². The lowest BCUT2D eigenvalue weighted by Crippen LogP contribution is -2.39. The number of hydrogen-bond donors (Lipinski definition) is 2. The van der Waals surface area contributed by atoms with Crippen molar-refractivity contribution in [2.45, 2.75) is 20.4 Å². The molecule has 0 aliphatic heterocycles. The third-order valence-corrected chi connectivity index (χ3v) is 2.62. The van der Waals surface area contributed by atoms with Crippen molar-refractivity contribution in [2.24, 2.45) is 5.92 Å². The fourth-order valence-corrected chi connectivity index (χ4v) is 1.77. The van der Waals surface area contributed by atoms with Crippen molar-refractivity contribution in [1.29, 1.82) is 0 Å². The molecule has 118 valence electrons. The Labute approximate surface area is 123 Å². The number of carbonyl (C=O) groups is 2. The molecule has 0 bridgehead atoms.